The number of phenols is 1. The molecule has 0 unspecified atom stereocenters. The number of carbonyl (C=O) groups excluding carboxylic acids is 1. The number of nitrogens with zero attached hydrogens (tertiary/aromatic N) is 3. The van der Waals surface area contributed by atoms with Crippen LogP contribution in [-0.2, 0) is 28.3 Å². The molecule has 0 aliphatic heterocycles. The number of hydrogen-bond donors (Lipinski definition) is 2. The minimum atomic E-state index is -0.0614. The summed E-state index contributed by atoms with van der Waals surface area (Å²) in [5.41, 5.74) is 4.22. The van der Waals surface area contributed by atoms with Gasteiger partial charge in [-0.05, 0) is 43.3 Å². The second-order valence-corrected chi connectivity index (χ2v) is 6.88. The topological polar surface area (TPSA) is 71.6 Å². The normalized spacial score (nSPS) is 14.7. The number of ketones is 1. The Balaban J connectivity index is 0.00000272. The van der Waals surface area contributed by atoms with Gasteiger partial charge in [-0.1, -0.05) is 42.5 Å². The van der Waals surface area contributed by atoms with E-state index in [0.29, 0.717) is 16.7 Å². The van der Waals surface area contributed by atoms with Gasteiger partial charge in [-0.25, -0.2) is 9.67 Å². The Morgan fingerprint density at radius 2 is 1.68 bits per heavy atom. The molecular formula is C24H22N4NiO2. The summed E-state index contributed by atoms with van der Waals surface area (Å²) in [6.45, 7) is 1.97. The van der Waals surface area contributed by atoms with Crippen molar-refractivity contribution in [1.82, 2.24) is 9.36 Å². The smallest absolute Gasteiger partial charge is 0.187 e. The van der Waals surface area contributed by atoms with Crippen molar-refractivity contribution in [2.45, 2.75) is 6.92 Å². The minimum absolute atomic E-state index is 0. The van der Waals surface area contributed by atoms with Crippen molar-refractivity contribution < 1.29 is 26.4 Å². The van der Waals surface area contributed by atoms with Gasteiger partial charge in [0.15, 0.2) is 11.3 Å². The van der Waals surface area contributed by atoms with Gasteiger partial charge in [-0.2, -0.15) is 0 Å². The van der Waals surface area contributed by atoms with Gasteiger partial charge < -0.3 is 10.4 Å². The number of nitrogens with one attached hydrogen (secondary N) is 1. The molecule has 160 valence electrons. The molecule has 0 saturated heterocycles. The van der Waals surface area contributed by atoms with E-state index in [2.05, 4.69) is 5.32 Å². The molecule has 31 heavy (non-hydrogen) atoms. The van der Waals surface area contributed by atoms with Gasteiger partial charge in [0.2, 0.25) is 0 Å². The summed E-state index contributed by atoms with van der Waals surface area (Å²) in [5.74, 6) is 0.0344. The first-order chi connectivity index (χ1) is 14.6. The van der Waals surface area contributed by atoms with E-state index in [1.54, 1.807) is 36.6 Å². The molecule has 0 saturated carbocycles. The van der Waals surface area contributed by atoms with Crippen LogP contribution in [0, 0.1) is 6.92 Å². The molecule has 1 aromatic heterocycles. The number of anilines is 1. The Labute approximate surface area is 190 Å². The first-order valence-corrected chi connectivity index (χ1v) is 9.59. The van der Waals surface area contributed by atoms with E-state index in [-0.39, 0.29) is 28.0 Å². The van der Waals surface area contributed by atoms with Crippen LogP contribution in [0.25, 0.3) is 5.69 Å². The molecular weight excluding hydrogens is 435 g/mol. The number of rotatable bonds is 4. The van der Waals surface area contributed by atoms with Gasteiger partial charge in [0.1, 0.15) is 17.1 Å². The Bertz CT molecular complexity index is 1260. The van der Waals surface area contributed by atoms with E-state index in [0.717, 1.165) is 17.1 Å². The van der Waals surface area contributed by atoms with Gasteiger partial charge in [-0.15, -0.1) is 0 Å². The zero-order chi connectivity index (χ0) is 21.1. The number of carbonyl (C=O) groups is 1. The van der Waals surface area contributed by atoms with Crippen molar-refractivity contribution in [2.75, 3.05) is 5.32 Å². The fraction of sp³-hybridized carbons (Fsp3) is 0.0833. The number of hydrogen-bond acceptors (Lipinski definition) is 4. The first kappa shape index (κ1) is 22.1. The van der Waals surface area contributed by atoms with Gasteiger partial charge in [0.05, 0.1) is 11.4 Å². The van der Waals surface area contributed by atoms with Gasteiger partial charge in [-0.3, -0.25) is 9.48 Å². The quantitative estimate of drug-likeness (QED) is 0.459. The van der Waals surface area contributed by atoms with Crippen LogP contribution in [0.4, 0.5) is 11.4 Å². The first-order valence-electron chi connectivity index (χ1n) is 9.59. The Morgan fingerprint density at radius 1 is 1.00 bits per heavy atom. The van der Waals surface area contributed by atoms with E-state index in [4.69, 9.17) is 4.99 Å². The Morgan fingerprint density at radius 3 is 2.39 bits per heavy atom. The van der Waals surface area contributed by atoms with Crippen molar-refractivity contribution in [3.8, 4) is 11.4 Å². The van der Waals surface area contributed by atoms with E-state index in [9.17, 15) is 9.90 Å². The third-order valence-electron chi connectivity index (χ3n) is 4.97. The van der Waals surface area contributed by atoms with Crippen LogP contribution in [0.15, 0.2) is 95.7 Å². The van der Waals surface area contributed by atoms with Crippen LogP contribution in [0.2, 0.25) is 0 Å². The zero-order valence-electron chi connectivity index (χ0n) is 17.1. The summed E-state index contributed by atoms with van der Waals surface area (Å²) in [6.07, 6.45) is 8.52. The summed E-state index contributed by atoms with van der Waals surface area (Å²) < 4.78 is 3.94. The zero-order valence-corrected chi connectivity index (χ0v) is 18.1. The molecule has 7 heteroatoms. The average molecular weight is 457 g/mol. The number of benzene rings is 2. The molecule has 2 aromatic carbocycles. The summed E-state index contributed by atoms with van der Waals surface area (Å²) in [4.78, 5) is 16.9. The van der Waals surface area contributed by atoms with Crippen molar-refractivity contribution in [2.24, 2.45) is 12.0 Å². The maximum absolute atomic E-state index is 12.1. The third kappa shape index (κ3) is 4.47. The molecule has 0 atom stereocenters. The average Bonchev–Trinajstić information content (AvgIpc) is 2.99. The van der Waals surface area contributed by atoms with Gasteiger partial charge in [0.25, 0.3) is 0 Å². The predicted molar refractivity (Wildman–Crippen MR) is 118 cm³/mol. The van der Waals surface area contributed by atoms with E-state index in [1.807, 2.05) is 65.8 Å². The molecule has 0 fully saturated rings. The molecule has 2 N–H and O–H groups in total. The van der Waals surface area contributed by atoms with E-state index in [1.165, 1.54) is 6.08 Å². The molecule has 0 bridgehead atoms. The predicted octanol–water partition coefficient (Wildman–Crippen LogP) is 4.05. The largest absolute Gasteiger partial charge is 0.506 e. The van der Waals surface area contributed by atoms with Crippen LogP contribution in [-0.4, -0.2) is 20.3 Å². The molecule has 1 aliphatic rings. The van der Waals surface area contributed by atoms with Gasteiger partial charge in [0, 0.05) is 35.3 Å². The fourth-order valence-electron chi connectivity index (χ4n) is 3.28. The number of aromatic nitrogens is 2. The Kier molecular flexibility index (Phi) is 6.78. The second kappa shape index (κ2) is 9.50. The summed E-state index contributed by atoms with van der Waals surface area (Å²) in [6, 6.07) is 16.8. The van der Waals surface area contributed by atoms with E-state index < -0.39 is 0 Å². The van der Waals surface area contributed by atoms with Crippen LogP contribution in [0.1, 0.15) is 5.69 Å². The van der Waals surface area contributed by atoms with Crippen LogP contribution >= 0.6 is 0 Å². The fourth-order valence-corrected chi connectivity index (χ4v) is 3.28. The van der Waals surface area contributed by atoms with Crippen molar-refractivity contribution in [3.63, 3.8) is 0 Å². The van der Waals surface area contributed by atoms with Crippen molar-refractivity contribution >= 4 is 17.2 Å². The molecule has 0 spiro atoms. The number of phenolic OH excluding ortho intramolecular Hbond substituents is 1. The molecule has 3 aromatic rings. The van der Waals surface area contributed by atoms with Crippen LogP contribution in [0.3, 0.4) is 0 Å². The summed E-state index contributed by atoms with van der Waals surface area (Å²) in [5, 5.41) is 13.5. The molecule has 6 nitrogen and oxygen atoms in total. The Hall–Kier alpha value is -3.57. The maximum Gasteiger partial charge on any atom is 0.187 e. The van der Waals surface area contributed by atoms with Crippen molar-refractivity contribution in [1.29, 1.82) is 0 Å². The van der Waals surface area contributed by atoms with Gasteiger partial charge >= 0.3 is 0 Å². The molecule has 0 radical (unpaired) electrons. The second-order valence-electron chi connectivity index (χ2n) is 6.88. The third-order valence-corrected chi connectivity index (χ3v) is 4.97. The standard InChI is InChI=1S/C24H22N4O2.Ni/c1-17-23(25-16-18-10-6-8-14-21(18)29)24(26-20-13-7-9-15-22(20)30)28(27(17)2)19-11-4-3-5-12-19;/h3-16,25,30H,1-2H3;/b18-16-,26-24?;. The number of aromatic hydroxyl groups is 1. The molecule has 1 aliphatic carbocycles. The molecule has 0 amide bonds. The van der Waals surface area contributed by atoms with Crippen molar-refractivity contribution in [3.05, 3.63) is 102 Å². The maximum atomic E-state index is 12.1. The van der Waals surface area contributed by atoms with E-state index >= 15 is 0 Å². The molecule has 1 heterocycles. The monoisotopic (exact) mass is 456 g/mol. The number of para-hydroxylation sites is 3. The summed E-state index contributed by atoms with van der Waals surface area (Å²) in [7, 11) is 1.94. The molecule has 4 rings (SSSR count). The van der Waals surface area contributed by atoms with Crippen LogP contribution < -0.4 is 10.8 Å². The minimum Gasteiger partial charge on any atom is -0.506 e. The van der Waals surface area contributed by atoms with Crippen LogP contribution in [0.5, 0.6) is 5.75 Å². The number of allylic oxidation sites excluding steroid dienone is 5. The summed E-state index contributed by atoms with van der Waals surface area (Å²) >= 11 is 0. The SMILES string of the molecule is Cc1c(N/C=C2/C=CC=CC2=O)c(=Nc2ccccc2O)n(-c2ccccc2)n1C.[Ni].